The summed E-state index contributed by atoms with van der Waals surface area (Å²) in [6.07, 6.45) is 3.46. The number of rotatable bonds is 6. The van der Waals surface area contributed by atoms with Crippen LogP contribution in [0.25, 0.3) is 11.1 Å². The van der Waals surface area contributed by atoms with Gasteiger partial charge in [-0.2, -0.15) is 0 Å². The number of hydrogen-bond acceptors (Lipinski definition) is 2. The normalized spacial score (nSPS) is 15.7. The topological polar surface area (TPSA) is 23.6 Å². The van der Waals surface area contributed by atoms with Crippen LogP contribution in [0, 0.1) is 11.6 Å². The molecule has 2 aromatic rings. The standard InChI is InChI=1S/C22H26F2N2O/c1-16(26-12-3-4-13-26)11-14-25(2)22(27)18-7-5-17(6-8-18)20-15-19(23)9-10-21(20)24/h5-10,15-16H,3-4,11-14H2,1-2H3. The molecule has 144 valence electrons. The van der Waals surface area contributed by atoms with Crippen LogP contribution >= 0.6 is 0 Å². The molecule has 3 nitrogen and oxygen atoms in total. The fraction of sp³-hybridized carbons (Fsp3) is 0.409. The second-order valence-corrected chi connectivity index (χ2v) is 7.31. The van der Waals surface area contributed by atoms with Gasteiger partial charge in [-0.3, -0.25) is 4.79 Å². The molecule has 1 aliphatic rings. The highest BCUT2D eigenvalue weighted by molar-refractivity contribution is 5.94. The minimum Gasteiger partial charge on any atom is -0.342 e. The SMILES string of the molecule is CC(CCN(C)C(=O)c1ccc(-c2cc(F)ccc2F)cc1)N1CCCC1. The number of benzene rings is 2. The van der Waals surface area contributed by atoms with Gasteiger partial charge in [-0.15, -0.1) is 0 Å². The van der Waals surface area contributed by atoms with Crippen LogP contribution in [0.5, 0.6) is 0 Å². The van der Waals surface area contributed by atoms with Crippen molar-refractivity contribution in [3.05, 3.63) is 59.7 Å². The molecule has 1 aliphatic heterocycles. The average Bonchev–Trinajstić information content (AvgIpc) is 3.22. The molecule has 1 unspecified atom stereocenters. The number of nitrogens with zero attached hydrogens (tertiary/aromatic N) is 2. The quantitative estimate of drug-likeness (QED) is 0.741. The molecule has 3 rings (SSSR count). The van der Waals surface area contributed by atoms with Crippen molar-refractivity contribution in [1.82, 2.24) is 9.80 Å². The summed E-state index contributed by atoms with van der Waals surface area (Å²) in [6, 6.07) is 10.5. The van der Waals surface area contributed by atoms with E-state index in [4.69, 9.17) is 0 Å². The monoisotopic (exact) mass is 372 g/mol. The Balaban J connectivity index is 1.62. The predicted octanol–water partition coefficient (Wildman–Crippen LogP) is 4.58. The van der Waals surface area contributed by atoms with Gasteiger partial charge in [0.1, 0.15) is 11.6 Å². The molecule has 27 heavy (non-hydrogen) atoms. The second kappa shape index (κ2) is 8.61. The molecule has 0 N–H and O–H groups in total. The van der Waals surface area contributed by atoms with Crippen LogP contribution in [0.4, 0.5) is 8.78 Å². The summed E-state index contributed by atoms with van der Waals surface area (Å²) in [5.74, 6) is -1.03. The number of carbonyl (C=O) groups is 1. The zero-order valence-electron chi connectivity index (χ0n) is 15.9. The molecule has 1 heterocycles. The van der Waals surface area contributed by atoms with Crippen LogP contribution in [-0.2, 0) is 0 Å². The van der Waals surface area contributed by atoms with Crippen LogP contribution in [0.15, 0.2) is 42.5 Å². The van der Waals surface area contributed by atoms with Gasteiger partial charge in [0.05, 0.1) is 0 Å². The maximum absolute atomic E-state index is 13.9. The lowest BCUT2D eigenvalue weighted by molar-refractivity contribution is 0.0781. The molecule has 0 radical (unpaired) electrons. The number of halogens is 2. The molecule has 1 atom stereocenters. The van der Waals surface area contributed by atoms with Crippen molar-refractivity contribution in [3.63, 3.8) is 0 Å². The van der Waals surface area contributed by atoms with E-state index in [2.05, 4.69) is 11.8 Å². The van der Waals surface area contributed by atoms with Crippen molar-refractivity contribution in [3.8, 4) is 11.1 Å². The Morgan fingerprint density at radius 3 is 2.44 bits per heavy atom. The maximum atomic E-state index is 13.9. The van der Waals surface area contributed by atoms with Crippen LogP contribution in [0.2, 0.25) is 0 Å². The Bertz CT molecular complexity index is 785. The zero-order chi connectivity index (χ0) is 19.4. The van der Waals surface area contributed by atoms with E-state index in [0.29, 0.717) is 23.7 Å². The second-order valence-electron chi connectivity index (χ2n) is 7.31. The molecular weight excluding hydrogens is 346 g/mol. The Morgan fingerprint density at radius 1 is 1.11 bits per heavy atom. The molecule has 0 aromatic heterocycles. The van der Waals surface area contributed by atoms with E-state index >= 15 is 0 Å². The van der Waals surface area contributed by atoms with Gasteiger partial charge >= 0.3 is 0 Å². The highest BCUT2D eigenvalue weighted by atomic mass is 19.1. The fourth-order valence-electron chi connectivity index (χ4n) is 3.58. The number of hydrogen-bond donors (Lipinski definition) is 0. The van der Waals surface area contributed by atoms with Crippen LogP contribution in [-0.4, -0.2) is 48.4 Å². The Kier molecular flexibility index (Phi) is 6.22. The van der Waals surface area contributed by atoms with Gasteiger partial charge in [-0.1, -0.05) is 12.1 Å². The van der Waals surface area contributed by atoms with Crippen LogP contribution in [0.3, 0.4) is 0 Å². The average molecular weight is 372 g/mol. The van der Waals surface area contributed by atoms with E-state index in [0.717, 1.165) is 37.7 Å². The van der Waals surface area contributed by atoms with Crippen LogP contribution < -0.4 is 0 Å². The highest BCUT2D eigenvalue weighted by Crippen LogP contribution is 2.24. The molecule has 2 aromatic carbocycles. The fourth-order valence-corrected chi connectivity index (χ4v) is 3.58. The Labute approximate surface area is 159 Å². The first-order valence-electron chi connectivity index (χ1n) is 9.50. The molecule has 0 saturated carbocycles. The third kappa shape index (κ3) is 4.72. The lowest BCUT2D eigenvalue weighted by atomic mass is 10.0. The molecule has 0 spiro atoms. The first-order valence-corrected chi connectivity index (χ1v) is 9.50. The minimum absolute atomic E-state index is 0.0603. The third-order valence-corrected chi connectivity index (χ3v) is 5.36. The summed E-state index contributed by atoms with van der Waals surface area (Å²) in [6.45, 7) is 5.20. The largest absolute Gasteiger partial charge is 0.342 e. The van der Waals surface area contributed by atoms with E-state index in [1.54, 1.807) is 36.2 Å². The summed E-state index contributed by atoms with van der Waals surface area (Å²) in [5.41, 5.74) is 1.29. The first kappa shape index (κ1) is 19.5. The maximum Gasteiger partial charge on any atom is 0.253 e. The third-order valence-electron chi connectivity index (χ3n) is 5.36. The number of amides is 1. The summed E-state index contributed by atoms with van der Waals surface area (Å²) in [5, 5.41) is 0. The van der Waals surface area contributed by atoms with Crippen molar-refractivity contribution >= 4 is 5.91 Å². The Morgan fingerprint density at radius 2 is 1.78 bits per heavy atom. The molecule has 0 aliphatic carbocycles. The lowest BCUT2D eigenvalue weighted by Crippen LogP contribution is -2.35. The minimum atomic E-state index is -0.488. The molecule has 0 bridgehead atoms. The molecule has 1 saturated heterocycles. The van der Waals surface area contributed by atoms with Crippen molar-refractivity contribution in [2.75, 3.05) is 26.7 Å². The van der Waals surface area contributed by atoms with Gasteiger partial charge in [0, 0.05) is 30.8 Å². The van der Waals surface area contributed by atoms with E-state index in [1.807, 2.05) is 0 Å². The number of carbonyl (C=O) groups excluding carboxylic acids is 1. The smallest absolute Gasteiger partial charge is 0.253 e. The highest BCUT2D eigenvalue weighted by Gasteiger charge is 2.19. The van der Waals surface area contributed by atoms with Crippen molar-refractivity contribution in [2.24, 2.45) is 0 Å². The van der Waals surface area contributed by atoms with Crippen molar-refractivity contribution < 1.29 is 13.6 Å². The predicted molar refractivity (Wildman–Crippen MR) is 104 cm³/mol. The Hall–Kier alpha value is -2.27. The van der Waals surface area contributed by atoms with Gasteiger partial charge in [-0.25, -0.2) is 8.78 Å². The van der Waals surface area contributed by atoms with Gasteiger partial charge in [0.2, 0.25) is 0 Å². The van der Waals surface area contributed by atoms with E-state index in [-0.39, 0.29) is 11.5 Å². The van der Waals surface area contributed by atoms with Gasteiger partial charge in [-0.05, 0) is 75.2 Å². The summed E-state index contributed by atoms with van der Waals surface area (Å²) in [7, 11) is 1.80. The van der Waals surface area contributed by atoms with E-state index in [9.17, 15) is 13.6 Å². The summed E-state index contributed by atoms with van der Waals surface area (Å²) in [4.78, 5) is 16.8. The van der Waals surface area contributed by atoms with Crippen LogP contribution in [0.1, 0.15) is 36.5 Å². The zero-order valence-corrected chi connectivity index (χ0v) is 15.9. The molecule has 5 heteroatoms. The molecule has 1 fully saturated rings. The summed E-state index contributed by atoms with van der Waals surface area (Å²) >= 11 is 0. The van der Waals surface area contributed by atoms with E-state index < -0.39 is 11.6 Å². The van der Waals surface area contributed by atoms with Gasteiger partial charge in [0.15, 0.2) is 0 Å². The van der Waals surface area contributed by atoms with Gasteiger partial charge in [0.25, 0.3) is 5.91 Å². The number of likely N-dealkylation sites (tertiary alicyclic amines) is 1. The first-order chi connectivity index (χ1) is 13.0. The van der Waals surface area contributed by atoms with Gasteiger partial charge < -0.3 is 9.80 Å². The van der Waals surface area contributed by atoms with Crippen molar-refractivity contribution in [2.45, 2.75) is 32.2 Å². The molecule has 1 amide bonds. The summed E-state index contributed by atoms with van der Waals surface area (Å²) < 4.78 is 27.3. The van der Waals surface area contributed by atoms with Crippen molar-refractivity contribution in [1.29, 1.82) is 0 Å². The lowest BCUT2D eigenvalue weighted by Gasteiger charge is -2.26. The van der Waals surface area contributed by atoms with E-state index in [1.165, 1.54) is 12.8 Å². The molecular formula is C22H26F2N2O.